The van der Waals surface area contributed by atoms with E-state index in [1.165, 1.54) is 0 Å². The van der Waals surface area contributed by atoms with Crippen LogP contribution in [0.25, 0.3) is 0 Å². The summed E-state index contributed by atoms with van der Waals surface area (Å²) in [7, 11) is 2.23. The summed E-state index contributed by atoms with van der Waals surface area (Å²) < 4.78 is 26.6. The fourth-order valence-corrected chi connectivity index (χ4v) is 2.80. The third-order valence-electron chi connectivity index (χ3n) is 1.69. The molecule has 0 radical (unpaired) electrons. The van der Waals surface area contributed by atoms with Gasteiger partial charge in [-0.15, -0.1) is 0 Å². The summed E-state index contributed by atoms with van der Waals surface area (Å²) in [5, 5.41) is -0.173. The van der Waals surface area contributed by atoms with Crippen molar-refractivity contribution in [3.63, 3.8) is 0 Å². The molecule has 88 valence electrons. The minimum atomic E-state index is -4.04. The molecule has 4 nitrogen and oxygen atoms in total. The molecule has 1 rings (SSSR count). The van der Waals surface area contributed by atoms with E-state index >= 15 is 0 Å². The number of hydrogen-bond acceptors (Lipinski definition) is 4. The maximum atomic E-state index is 11.2. The molecule has 16 heavy (non-hydrogen) atoms. The van der Waals surface area contributed by atoms with Crippen LogP contribution in [0.4, 0.5) is 0 Å². The van der Waals surface area contributed by atoms with E-state index in [2.05, 4.69) is 4.74 Å². The lowest BCUT2D eigenvalue weighted by atomic mass is 10.2. The zero-order valence-electron chi connectivity index (χ0n) is 7.83. The van der Waals surface area contributed by atoms with Crippen LogP contribution in [0, 0.1) is 0 Å². The van der Waals surface area contributed by atoms with Crippen molar-refractivity contribution < 1.29 is 17.9 Å². The molecule has 1 aromatic rings. The Labute approximate surface area is 106 Å². The predicted molar refractivity (Wildman–Crippen MR) is 60.8 cm³/mol. The molecule has 0 amide bonds. The fourth-order valence-electron chi connectivity index (χ4n) is 0.982. The predicted octanol–water partition coefficient (Wildman–Crippen LogP) is 2.71. The Balaban J connectivity index is 3.51. The maximum absolute atomic E-state index is 11.2. The molecule has 8 heteroatoms. The second kappa shape index (κ2) is 4.79. The Morgan fingerprint density at radius 2 is 1.81 bits per heavy atom. The molecular formula is C8H5Cl3O4S. The van der Waals surface area contributed by atoms with Crippen LogP contribution in [0.3, 0.4) is 0 Å². The van der Waals surface area contributed by atoms with E-state index < -0.39 is 15.0 Å². The zero-order valence-corrected chi connectivity index (χ0v) is 10.9. The SMILES string of the molecule is COC(=O)c1cc(S(=O)(=O)Cl)c(Cl)cc1Cl. The van der Waals surface area contributed by atoms with Crippen molar-refractivity contribution in [3.05, 3.63) is 27.7 Å². The summed E-state index contributed by atoms with van der Waals surface area (Å²) in [6.45, 7) is 0. The Bertz CT molecular complexity index is 538. The first-order chi connectivity index (χ1) is 7.27. The van der Waals surface area contributed by atoms with Gasteiger partial charge in [-0.05, 0) is 12.1 Å². The highest BCUT2D eigenvalue weighted by molar-refractivity contribution is 8.13. The van der Waals surface area contributed by atoms with Gasteiger partial charge in [-0.1, -0.05) is 23.2 Å². The molecule has 0 bridgehead atoms. The van der Waals surface area contributed by atoms with Gasteiger partial charge in [0.05, 0.1) is 22.7 Å². The lowest BCUT2D eigenvalue weighted by Crippen LogP contribution is -2.04. The smallest absolute Gasteiger partial charge is 0.339 e. The number of methoxy groups -OCH3 is 1. The van der Waals surface area contributed by atoms with E-state index in [0.29, 0.717) is 0 Å². The zero-order chi connectivity index (χ0) is 12.5. The largest absolute Gasteiger partial charge is 0.465 e. The van der Waals surface area contributed by atoms with Gasteiger partial charge in [0.1, 0.15) is 4.90 Å². The van der Waals surface area contributed by atoms with Crippen molar-refractivity contribution in [3.8, 4) is 0 Å². The third-order valence-corrected chi connectivity index (χ3v) is 3.79. The van der Waals surface area contributed by atoms with Gasteiger partial charge in [0.15, 0.2) is 0 Å². The molecule has 0 spiro atoms. The molecule has 0 unspecified atom stereocenters. The number of carbonyl (C=O) groups excluding carboxylic acids is 1. The topological polar surface area (TPSA) is 60.4 Å². The molecule has 0 saturated heterocycles. The number of carbonyl (C=O) groups is 1. The number of esters is 1. The molecule has 0 aliphatic heterocycles. The van der Waals surface area contributed by atoms with Gasteiger partial charge >= 0.3 is 5.97 Å². The van der Waals surface area contributed by atoms with Gasteiger partial charge in [-0.2, -0.15) is 0 Å². The molecule has 0 fully saturated rings. The summed E-state index contributed by atoms with van der Waals surface area (Å²) in [5.41, 5.74) is -0.118. The molecule has 0 heterocycles. The summed E-state index contributed by atoms with van der Waals surface area (Å²) in [6.07, 6.45) is 0. The van der Waals surface area contributed by atoms with Crippen LogP contribution >= 0.6 is 33.9 Å². The second-order valence-electron chi connectivity index (χ2n) is 2.69. The minimum absolute atomic E-state index is 0.0130. The van der Waals surface area contributed by atoms with E-state index in [1.807, 2.05) is 0 Å². The van der Waals surface area contributed by atoms with Gasteiger partial charge in [-0.3, -0.25) is 0 Å². The minimum Gasteiger partial charge on any atom is -0.465 e. The van der Waals surface area contributed by atoms with E-state index in [9.17, 15) is 13.2 Å². The summed E-state index contributed by atoms with van der Waals surface area (Å²) in [4.78, 5) is 10.8. The van der Waals surface area contributed by atoms with Crippen LogP contribution < -0.4 is 0 Å². The first kappa shape index (κ1) is 13.6. The Morgan fingerprint density at radius 3 is 2.25 bits per heavy atom. The number of rotatable bonds is 2. The molecule has 0 saturated carbocycles. The quantitative estimate of drug-likeness (QED) is 0.622. The van der Waals surface area contributed by atoms with Crippen molar-refractivity contribution in [2.45, 2.75) is 4.90 Å². The van der Waals surface area contributed by atoms with E-state index in [4.69, 9.17) is 33.9 Å². The maximum Gasteiger partial charge on any atom is 0.339 e. The lowest BCUT2D eigenvalue weighted by molar-refractivity contribution is 0.0600. The fraction of sp³-hybridized carbons (Fsp3) is 0.125. The summed E-state index contributed by atoms with van der Waals surface area (Å²) in [5.74, 6) is -0.775. The molecule has 0 aromatic heterocycles. The molecular weight excluding hydrogens is 299 g/mol. The number of benzene rings is 1. The van der Waals surface area contributed by atoms with E-state index in [1.54, 1.807) is 0 Å². The van der Waals surface area contributed by atoms with Crippen LogP contribution in [0.5, 0.6) is 0 Å². The Morgan fingerprint density at radius 1 is 1.25 bits per heavy atom. The standard InChI is InChI=1S/C8H5Cl3O4S/c1-15-8(12)4-2-7(16(11,13)14)6(10)3-5(4)9/h2-3H,1H3. The van der Waals surface area contributed by atoms with Crippen LogP contribution in [-0.4, -0.2) is 21.5 Å². The molecule has 0 aliphatic carbocycles. The molecule has 0 atom stereocenters. The van der Waals surface area contributed by atoms with Crippen molar-refractivity contribution in [1.29, 1.82) is 0 Å². The van der Waals surface area contributed by atoms with E-state index in [0.717, 1.165) is 19.2 Å². The highest BCUT2D eigenvalue weighted by Crippen LogP contribution is 2.30. The van der Waals surface area contributed by atoms with Gasteiger partial charge in [0.2, 0.25) is 0 Å². The van der Waals surface area contributed by atoms with E-state index in [-0.39, 0.29) is 20.5 Å². The Kier molecular flexibility index (Phi) is 4.07. The number of ether oxygens (including phenoxy) is 1. The van der Waals surface area contributed by atoms with Crippen molar-refractivity contribution in [1.82, 2.24) is 0 Å². The highest BCUT2D eigenvalue weighted by atomic mass is 35.7. The summed E-state index contributed by atoms with van der Waals surface area (Å²) in [6, 6.07) is 2.09. The monoisotopic (exact) mass is 302 g/mol. The normalized spacial score (nSPS) is 11.2. The molecule has 0 aliphatic rings. The third kappa shape index (κ3) is 2.79. The van der Waals surface area contributed by atoms with Crippen LogP contribution in [0.1, 0.15) is 10.4 Å². The molecule has 1 aromatic carbocycles. The van der Waals surface area contributed by atoms with Crippen LogP contribution in [0.2, 0.25) is 10.0 Å². The van der Waals surface area contributed by atoms with Gasteiger partial charge < -0.3 is 4.74 Å². The van der Waals surface area contributed by atoms with Gasteiger partial charge in [-0.25, -0.2) is 13.2 Å². The molecule has 0 N–H and O–H groups in total. The van der Waals surface area contributed by atoms with Crippen molar-refractivity contribution in [2.75, 3.05) is 7.11 Å². The first-order valence-electron chi connectivity index (χ1n) is 3.79. The summed E-state index contributed by atoms with van der Waals surface area (Å²) >= 11 is 11.3. The second-order valence-corrected chi connectivity index (χ2v) is 6.04. The van der Waals surface area contributed by atoms with Crippen molar-refractivity contribution >= 4 is 48.9 Å². The first-order valence-corrected chi connectivity index (χ1v) is 6.86. The van der Waals surface area contributed by atoms with Gasteiger partial charge in [0, 0.05) is 10.7 Å². The number of hydrogen-bond donors (Lipinski definition) is 0. The average Bonchev–Trinajstić information content (AvgIpc) is 2.14. The van der Waals surface area contributed by atoms with Crippen LogP contribution in [-0.2, 0) is 13.8 Å². The number of halogens is 3. The van der Waals surface area contributed by atoms with Gasteiger partial charge in [0.25, 0.3) is 9.05 Å². The van der Waals surface area contributed by atoms with Crippen molar-refractivity contribution in [2.24, 2.45) is 0 Å². The average molecular weight is 304 g/mol. The Hall–Kier alpha value is -0.490. The lowest BCUT2D eigenvalue weighted by Gasteiger charge is -2.06. The van der Waals surface area contributed by atoms with Crippen LogP contribution in [0.15, 0.2) is 17.0 Å². The highest BCUT2D eigenvalue weighted by Gasteiger charge is 2.21.